The van der Waals surface area contributed by atoms with Gasteiger partial charge in [0.2, 0.25) is 0 Å². The van der Waals surface area contributed by atoms with Crippen LogP contribution in [0.5, 0.6) is 5.75 Å². The number of pyridine rings is 1. The number of esters is 1. The summed E-state index contributed by atoms with van der Waals surface area (Å²) in [6, 6.07) is 5.78. The number of aromatic nitrogens is 1. The number of halogens is 1. The lowest BCUT2D eigenvalue weighted by atomic mass is 9.99. The fourth-order valence-corrected chi connectivity index (χ4v) is 5.73. The molecule has 0 spiro atoms. The fraction of sp³-hybridized carbons (Fsp3) is 0.520. The van der Waals surface area contributed by atoms with Gasteiger partial charge in [-0.15, -0.1) is 11.8 Å². The van der Waals surface area contributed by atoms with Gasteiger partial charge in [0.05, 0.1) is 22.9 Å². The Morgan fingerprint density at radius 2 is 1.88 bits per heavy atom. The second kappa shape index (κ2) is 8.14. The van der Waals surface area contributed by atoms with Crippen LogP contribution in [0.4, 0.5) is 0 Å². The third kappa shape index (κ3) is 3.96. The van der Waals surface area contributed by atoms with Gasteiger partial charge in [0.1, 0.15) is 11.3 Å². The molecule has 0 saturated heterocycles. The van der Waals surface area contributed by atoms with Crippen molar-refractivity contribution in [3.63, 3.8) is 0 Å². The second-order valence-electron chi connectivity index (χ2n) is 9.42. The summed E-state index contributed by atoms with van der Waals surface area (Å²) < 4.78 is 13.4. The molecule has 2 saturated carbocycles. The molecule has 1 aromatic heterocycles. The molecule has 2 heterocycles. The highest BCUT2D eigenvalue weighted by Gasteiger charge is 2.36. The van der Waals surface area contributed by atoms with Crippen LogP contribution in [0.3, 0.4) is 0 Å². The molecule has 5 rings (SSSR count). The molecule has 32 heavy (non-hydrogen) atoms. The molecule has 7 heteroatoms. The van der Waals surface area contributed by atoms with E-state index in [1.165, 1.54) is 12.8 Å². The Balaban J connectivity index is 1.63. The largest absolute Gasteiger partial charge is 0.489 e. The van der Waals surface area contributed by atoms with Crippen LogP contribution in [-0.4, -0.2) is 22.7 Å². The topological polar surface area (TPSA) is 57.5 Å². The van der Waals surface area contributed by atoms with Gasteiger partial charge >= 0.3 is 5.97 Å². The van der Waals surface area contributed by atoms with Crippen LogP contribution in [0, 0.1) is 5.92 Å². The molecule has 2 atom stereocenters. The Morgan fingerprint density at radius 3 is 2.50 bits per heavy atom. The SMILES string of the molecule is CC(C)OC(=O)c1cc2c(n(C3CC3)c1=O)-c1cc(Cl)c(OC(C)C3CC3)cc1SC2C. The lowest BCUT2D eigenvalue weighted by Crippen LogP contribution is -2.31. The van der Waals surface area contributed by atoms with E-state index in [2.05, 4.69) is 13.8 Å². The lowest BCUT2D eigenvalue weighted by molar-refractivity contribution is 0.0375. The first kappa shape index (κ1) is 21.9. The first-order chi connectivity index (χ1) is 15.2. The number of rotatable bonds is 6. The van der Waals surface area contributed by atoms with Crippen LogP contribution in [0.1, 0.15) is 80.6 Å². The predicted molar refractivity (Wildman–Crippen MR) is 127 cm³/mol. The van der Waals surface area contributed by atoms with Crippen LogP contribution in [-0.2, 0) is 4.74 Å². The molecule has 2 aliphatic carbocycles. The molecule has 5 nitrogen and oxygen atoms in total. The minimum absolute atomic E-state index is 0.0728. The average Bonchev–Trinajstić information content (AvgIpc) is 3.61. The molecule has 1 aromatic carbocycles. The number of benzene rings is 1. The van der Waals surface area contributed by atoms with Crippen molar-refractivity contribution in [2.75, 3.05) is 0 Å². The third-order valence-corrected chi connectivity index (χ3v) is 7.86. The van der Waals surface area contributed by atoms with Gasteiger partial charge in [-0.1, -0.05) is 11.6 Å². The van der Waals surface area contributed by atoms with Gasteiger partial charge in [0, 0.05) is 21.8 Å². The van der Waals surface area contributed by atoms with Crippen molar-refractivity contribution in [1.29, 1.82) is 0 Å². The van der Waals surface area contributed by atoms with Crippen molar-refractivity contribution >= 4 is 29.3 Å². The quantitative estimate of drug-likeness (QED) is 0.453. The smallest absolute Gasteiger partial charge is 0.344 e. The van der Waals surface area contributed by atoms with Gasteiger partial charge in [-0.25, -0.2) is 4.79 Å². The molecule has 0 bridgehead atoms. The summed E-state index contributed by atoms with van der Waals surface area (Å²) in [5.41, 5.74) is 2.63. The zero-order chi connectivity index (χ0) is 22.7. The summed E-state index contributed by atoms with van der Waals surface area (Å²) >= 11 is 8.37. The van der Waals surface area contributed by atoms with Crippen molar-refractivity contribution < 1.29 is 14.3 Å². The van der Waals surface area contributed by atoms with E-state index >= 15 is 0 Å². The maximum Gasteiger partial charge on any atom is 0.344 e. The Labute approximate surface area is 197 Å². The molecule has 3 aliphatic rings. The average molecular weight is 474 g/mol. The zero-order valence-corrected chi connectivity index (χ0v) is 20.4. The Bertz CT molecular complexity index is 1150. The number of fused-ring (bicyclic) bond motifs is 3. The number of nitrogens with zero attached hydrogens (tertiary/aromatic N) is 1. The molecule has 0 N–H and O–H groups in total. The van der Waals surface area contributed by atoms with Gasteiger partial charge in [-0.3, -0.25) is 4.79 Å². The number of thioether (sulfide) groups is 1. The monoisotopic (exact) mass is 473 g/mol. The van der Waals surface area contributed by atoms with Crippen LogP contribution < -0.4 is 10.3 Å². The summed E-state index contributed by atoms with van der Waals surface area (Å²) in [4.78, 5) is 27.2. The lowest BCUT2D eigenvalue weighted by Gasteiger charge is -2.29. The van der Waals surface area contributed by atoms with Crippen molar-refractivity contribution in [1.82, 2.24) is 4.57 Å². The van der Waals surface area contributed by atoms with E-state index in [-0.39, 0.29) is 34.6 Å². The predicted octanol–water partition coefficient (Wildman–Crippen LogP) is 6.41. The van der Waals surface area contributed by atoms with Crippen LogP contribution >= 0.6 is 23.4 Å². The third-order valence-electron chi connectivity index (χ3n) is 6.37. The normalized spacial score (nSPS) is 20.5. The molecule has 0 amide bonds. The second-order valence-corrected chi connectivity index (χ2v) is 11.2. The number of hydrogen-bond donors (Lipinski definition) is 0. The van der Waals surface area contributed by atoms with E-state index in [0.29, 0.717) is 16.7 Å². The highest BCUT2D eigenvalue weighted by molar-refractivity contribution is 7.99. The Hall–Kier alpha value is -1.92. The highest BCUT2D eigenvalue weighted by atomic mass is 35.5. The van der Waals surface area contributed by atoms with Gasteiger partial charge in [-0.2, -0.15) is 0 Å². The van der Waals surface area contributed by atoms with Crippen LogP contribution in [0.2, 0.25) is 5.02 Å². The van der Waals surface area contributed by atoms with E-state index < -0.39 is 5.97 Å². The highest BCUT2D eigenvalue weighted by Crippen LogP contribution is 2.53. The molecule has 2 unspecified atom stereocenters. The maximum absolute atomic E-state index is 13.4. The van der Waals surface area contributed by atoms with Gasteiger partial charge in [0.25, 0.3) is 5.56 Å². The Morgan fingerprint density at radius 1 is 1.16 bits per heavy atom. The summed E-state index contributed by atoms with van der Waals surface area (Å²) in [5.74, 6) is 0.755. The molecule has 0 radical (unpaired) electrons. The van der Waals surface area contributed by atoms with Gasteiger partial charge in [0.15, 0.2) is 0 Å². The van der Waals surface area contributed by atoms with E-state index in [9.17, 15) is 9.59 Å². The fourth-order valence-electron chi connectivity index (χ4n) is 4.38. The molecule has 170 valence electrons. The molecular formula is C25H28ClNO4S. The minimum atomic E-state index is -0.555. The molecule has 2 fully saturated rings. The summed E-state index contributed by atoms with van der Waals surface area (Å²) in [5, 5.41) is 0.624. The number of hydrogen-bond acceptors (Lipinski definition) is 5. The maximum atomic E-state index is 13.4. The number of carbonyl (C=O) groups is 1. The van der Waals surface area contributed by atoms with Gasteiger partial charge < -0.3 is 14.0 Å². The zero-order valence-electron chi connectivity index (χ0n) is 18.8. The number of ether oxygens (including phenoxy) is 2. The van der Waals surface area contributed by atoms with Crippen LogP contribution in [0.15, 0.2) is 27.9 Å². The van der Waals surface area contributed by atoms with E-state index in [1.807, 2.05) is 16.7 Å². The van der Waals surface area contributed by atoms with Gasteiger partial charge in [-0.05, 0) is 83.1 Å². The minimum Gasteiger partial charge on any atom is -0.489 e. The summed E-state index contributed by atoms with van der Waals surface area (Å²) in [7, 11) is 0. The van der Waals surface area contributed by atoms with Crippen molar-refractivity contribution in [3.8, 4) is 17.0 Å². The first-order valence-electron chi connectivity index (χ1n) is 11.4. The summed E-state index contributed by atoms with van der Waals surface area (Å²) in [6.07, 6.45) is 4.13. The van der Waals surface area contributed by atoms with E-state index in [1.54, 1.807) is 31.7 Å². The summed E-state index contributed by atoms with van der Waals surface area (Å²) in [6.45, 7) is 7.78. The number of carbonyl (C=O) groups excluding carboxylic acids is 1. The van der Waals surface area contributed by atoms with E-state index in [4.69, 9.17) is 21.1 Å². The molecule has 1 aliphatic heterocycles. The van der Waals surface area contributed by atoms with Crippen molar-refractivity contribution in [3.05, 3.63) is 44.7 Å². The first-order valence-corrected chi connectivity index (χ1v) is 12.7. The van der Waals surface area contributed by atoms with E-state index in [0.717, 1.165) is 34.6 Å². The van der Waals surface area contributed by atoms with Crippen molar-refractivity contribution in [2.45, 2.75) is 81.8 Å². The van der Waals surface area contributed by atoms with Crippen molar-refractivity contribution in [2.24, 2.45) is 5.92 Å². The van der Waals surface area contributed by atoms with Crippen LogP contribution in [0.25, 0.3) is 11.3 Å². The molecular weight excluding hydrogens is 446 g/mol. The molecule has 2 aromatic rings. The Kier molecular flexibility index (Phi) is 5.57. The standard InChI is InChI=1S/C25H28ClNO4S/c1-12(2)30-25(29)19-9-17-14(4)32-22-11-21(31-13(3)15-5-6-15)20(26)10-18(22)23(17)27(24(19)28)16-7-8-16/h9-16H,5-8H2,1-4H3.